The molecule has 22 heavy (non-hydrogen) atoms. The molecule has 0 unspecified atom stereocenters. The van der Waals surface area contributed by atoms with E-state index in [0.717, 1.165) is 28.6 Å². The van der Waals surface area contributed by atoms with Crippen molar-refractivity contribution in [2.24, 2.45) is 0 Å². The highest BCUT2D eigenvalue weighted by Crippen LogP contribution is 2.35. The maximum atomic E-state index is 4.61. The molecular weight excluding hydrogens is 272 g/mol. The molecule has 0 aliphatic heterocycles. The Morgan fingerprint density at radius 2 is 1.77 bits per heavy atom. The molecule has 118 valence electrons. The lowest BCUT2D eigenvalue weighted by atomic mass is 9.94. The summed E-state index contributed by atoms with van der Waals surface area (Å²) in [6, 6.07) is 4.75. The first-order valence-electron chi connectivity index (χ1n) is 8.47. The largest absolute Gasteiger partial charge is 0.308 e. The summed E-state index contributed by atoms with van der Waals surface area (Å²) >= 11 is 0. The van der Waals surface area contributed by atoms with Gasteiger partial charge in [-0.25, -0.2) is 0 Å². The highest BCUT2D eigenvalue weighted by molar-refractivity contribution is 5.58. The Morgan fingerprint density at radius 1 is 1.05 bits per heavy atom. The summed E-state index contributed by atoms with van der Waals surface area (Å²) in [6.07, 6.45) is 6.46. The molecule has 0 spiro atoms. The molecule has 2 heterocycles. The van der Waals surface area contributed by atoms with Crippen LogP contribution in [-0.4, -0.2) is 19.7 Å². The zero-order valence-corrected chi connectivity index (χ0v) is 14.1. The average Bonchev–Trinajstić information content (AvgIpc) is 2.93. The maximum Gasteiger partial charge on any atom is 0.166 e. The summed E-state index contributed by atoms with van der Waals surface area (Å²) in [7, 11) is 0. The first-order chi connectivity index (χ1) is 10.6. The molecular formula is C18H26N4. The van der Waals surface area contributed by atoms with Gasteiger partial charge in [-0.1, -0.05) is 33.1 Å². The number of rotatable bonds is 3. The Hall–Kier alpha value is -1.71. The number of aryl methyl sites for hydroxylation is 2. The van der Waals surface area contributed by atoms with Crippen LogP contribution in [0.3, 0.4) is 0 Å². The minimum atomic E-state index is 0.391. The van der Waals surface area contributed by atoms with Gasteiger partial charge in [-0.15, -0.1) is 10.2 Å². The zero-order chi connectivity index (χ0) is 15.7. The van der Waals surface area contributed by atoms with Crippen LogP contribution in [0.1, 0.15) is 75.1 Å². The lowest BCUT2D eigenvalue weighted by Gasteiger charge is -2.27. The lowest BCUT2D eigenvalue weighted by molar-refractivity contribution is 0.345. The fraction of sp³-hybridized carbons (Fsp3) is 0.611. The van der Waals surface area contributed by atoms with Gasteiger partial charge in [-0.05, 0) is 38.8 Å². The van der Waals surface area contributed by atoms with Gasteiger partial charge in [0, 0.05) is 28.9 Å². The molecule has 0 amide bonds. The molecule has 1 fully saturated rings. The second-order valence-electron chi connectivity index (χ2n) is 6.78. The molecule has 2 aromatic rings. The van der Waals surface area contributed by atoms with Gasteiger partial charge in [0.05, 0.1) is 0 Å². The molecule has 1 saturated carbocycles. The van der Waals surface area contributed by atoms with Crippen LogP contribution in [0.25, 0.3) is 11.4 Å². The van der Waals surface area contributed by atoms with Gasteiger partial charge < -0.3 is 4.57 Å². The molecule has 2 aromatic heterocycles. The normalized spacial score (nSPS) is 16.4. The molecule has 3 rings (SSSR count). The van der Waals surface area contributed by atoms with Crippen molar-refractivity contribution in [2.45, 2.75) is 71.8 Å². The van der Waals surface area contributed by atoms with Crippen molar-refractivity contribution in [1.29, 1.82) is 0 Å². The Kier molecular flexibility index (Phi) is 4.27. The van der Waals surface area contributed by atoms with Gasteiger partial charge >= 0.3 is 0 Å². The van der Waals surface area contributed by atoms with E-state index in [1.807, 2.05) is 6.92 Å². The van der Waals surface area contributed by atoms with Crippen molar-refractivity contribution in [3.63, 3.8) is 0 Å². The quantitative estimate of drug-likeness (QED) is 0.832. The van der Waals surface area contributed by atoms with Crippen molar-refractivity contribution in [2.75, 3.05) is 0 Å². The Bertz CT molecular complexity index is 651. The zero-order valence-electron chi connectivity index (χ0n) is 14.1. The van der Waals surface area contributed by atoms with Crippen LogP contribution in [0.15, 0.2) is 12.1 Å². The van der Waals surface area contributed by atoms with Gasteiger partial charge in [-0.3, -0.25) is 4.98 Å². The van der Waals surface area contributed by atoms with Gasteiger partial charge in [0.1, 0.15) is 5.82 Å². The summed E-state index contributed by atoms with van der Waals surface area (Å²) in [6.45, 7) is 8.50. The van der Waals surface area contributed by atoms with E-state index in [4.69, 9.17) is 0 Å². The molecule has 0 atom stereocenters. The molecule has 0 N–H and O–H groups in total. The summed E-state index contributed by atoms with van der Waals surface area (Å²) < 4.78 is 2.41. The van der Waals surface area contributed by atoms with Crippen molar-refractivity contribution >= 4 is 0 Å². The topological polar surface area (TPSA) is 43.6 Å². The smallest absolute Gasteiger partial charge is 0.166 e. The molecule has 1 aliphatic carbocycles. The van der Waals surface area contributed by atoms with E-state index in [0.29, 0.717) is 12.0 Å². The van der Waals surface area contributed by atoms with Crippen molar-refractivity contribution in [3.05, 3.63) is 29.3 Å². The Morgan fingerprint density at radius 3 is 2.41 bits per heavy atom. The van der Waals surface area contributed by atoms with Crippen LogP contribution in [0.2, 0.25) is 0 Å². The minimum absolute atomic E-state index is 0.391. The Balaban J connectivity index is 2.10. The van der Waals surface area contributed by atoms with E-state index in [1.165, 1.54) is 32.1 Å². The minimum Gasteiger partial charge on any atom is -0.308 e. The number of nitrogens with zero attached hydrogens (tertiary/aromatic N) is 4. The van der Waals surface area contributed by atoms with E-state index < -0.39 is 0 Å². The fourth-order valence-corrected chi connectivity index (χ4v) is 3.50. The number of pyridine rings is 1. The first-order valence-corrected chi connectivity index (χ1v) is 8.47. The average molecular weight is 298 g/mol. The molecule has 0 bridgehead atoms. The van der Waals surface area contributed by atoms with E-state index in [9.17, 15) is 0 Å². The molecule has 4 nitrogen and oxygen atoms in total. The molecule has 4 heteroatoms. The third-order valence-electron chi connectivity index (χ3n) is 4.64. The third kappa shape index (κ3) is 2.79. The van der Waals surface area contributed by atoms with Gasteiger partial charge in [0.2, 0.25) is 0 Å². The predicted molar refractivity (Wildman–Crippen MR) is 88.9 cm³/mol. The van der Waals surface area contributed by atoms with Crippen LogP contribution in [0.5, 0.6) is 0 Å². The van der Waals surface area contributed by atoms with E-state index in [2.05, 4.69) is 52.7 Å². The molecule has 0 radical (unpaired) electrons. The SMILES string of the molecule is Cc1ccc(-c2nnc(C(C)C)n2C2CCCCC2)c(C)n1. The predicted octanol–water partition coefficient (Wildman–Crippen LogP) is 4.59. The van der Waals surface area contributed by atoms with Crippen LogP contribution < -0.4 is 0 Å². The molecule has 0 aromatic carbocycles. The summed E-state index contributed by atoms with van der Waals surface area (Å²) in [5.41, 5.74) is 3.21. The van der Waals surface area contributed by atoms with Gasteiger partial charge in [-0.2, -0.15) is 0 Å². The maximum absolute atomic E-state index is 4.61. The molecule has 0 saturated heterocycles. The van der Waals surface area contributed by atoms with Crippen molar-refractivity contribution in [3.8, 4) is 11.4 Å². The van der Waals surface area contributed by atoms with Crippen molar-refractivity contribution in [1.82, 2.24) is 19.7 Å². The number of hydrogen-bond acceptors (Lipinski definition) is 3. The second kappa shape index (κ2) is 6.19. The molecule has 1 aliphatic rings. The lowest BCUT2D eigenvalue weighted by Crippen LogP contribution is -2.17. The highest BCUT2D eigenvalue weighted by Gasteiger charge is 2.25. The number of hydrogen-bond donors (Lipinski definition) is 0. The summed E-state index contributed by atoms with van der Waals surface area (Å²) in [5, 5.41) is 9.06. The number of aromatic nitrogens is 4. The standard InChI is InChI=1S/C18H26N4/c1-12(2)17-20-21-18(16-11-10-13(3)19-14(16)4)22(17)15-8-6-5-7-9-15/h10-12,15H,5-9H2,1-4H3. The highest BCUT2D eigenvalue weighted by atomic mass is 15.3. The fourth-order valence-electron chi connectivity index (χ4n) is 3.50. The summed E-state index contributed by atoms with van der Waals surface area (Å²) in [5.74, 6) is 2.50. The van der Waals surface area contributed by atoms with Crippen LogP contribution in [0, 0.1) is 13.8 Å². The van der Waals surface area contributed by atoms with Crippen LogP contribution in [-0.2, 0) is 0 Å². The van der Waals surface area contributed by atoms with Gasteiger partial charge in [0.15, 0.2) is 5.82 Å². The first kappa shape index (κ1) is 15.2. The van der Waals surface area contributed by atoms with Gasteiger partial charge in [0.25, 0.3) is 0 Å². The van der Waals surface area contributed by atoms with Crippen LogP contribution in [0.4, 0.5) is 0 Å². The van der Waals surface area contributed by atoms with E-state index in [1.54, 1.807) is 0 Å². The second-order valence-corrected chi connectivity index (χ2v) is 6.78. The summed E-state index contributed by atoms with van der Waals surface area (Å²) in [4.78, 5) is 4.61. The van der Waals surface area contributed by atoms with Crippen LogP contribution >= 0.6 is 0 Å². The van der Waals surface area contributed by atoms with E-state index >= 15 is 0 Å². The third-order valence-corrected chi connectivity index (χ3v) is 4.64. The van der Waals surface area contributed by atoms with Crippen molar-refractivity contribution < 1.29 is 0 Å². The Labute approximate surface area is 133 Å². The monoisotopic (exact) mass is 298 g/mol. The van der Waals surface area contributed by atoms with E-state index in [-0.39, 0.29) is 0 Å².